The van der Waals surface area contributed by atoms with E-state index in [4.69, 9.17) is 13.9 Å². The predicted octanol–water partition coefficient (Wildman–Crippen LogP) is 3.05. The van der Waals surface area contributed by atoms with Gasteiger partial charge < -0.3 is 19.2 Å². The topological polar surface area (TPSA) is 86.5 Å². The molecule has 2 aromatic heterocycles. The third-order valence-corrected chi connectivity index (χ3v) is 4.46. The summed E-state index contributed by atoms with van der Waals surface area (Å²) in [5, 5.41) is 10.7. The Morgan fingerprint density at radius 3 is 2.72 bits per heavy atom. The zero-order valence-corrected chi connectivity index (χ0v) is 14.8. The largest absolute Gasteiger partial charge is 0.497 e. The van der Waals surface area contributed by atoms with E-state index in [1.54, 1.807) is 29.5 Å². The first-order valence-corrected chi connectivity index (χ1v) is 8.31. The third-order valence-electron chi connectivity index (χ3n) is 3.47. The normalized spacial score (nSPS) is 10.5. The van der Waals surface area contributed by atoms with Crippen molar-refractivity contribution in [3.8, 4) is 22.3 Å². The van der Waals surface area contributed by atoms with Gasteiger partial charge in [-0.05, 0) is 37.3 Å². The van der Waals surface area contributed by atoms with Crippen LogP contribution < -0.4 is 14.8 Å². The molecular weight excluding hydrogens is 342 g/mol. The number of nitrogens with zero attached hydrogens (tertiary/aromatic N) is 2. The summed E-state index contributed by atoms with van der Waals surface area (Å²) in [4.78, 5) is 14.5. The van der Waals surface area contributed by atoms with Gasteiger partial charge >= 0.3 is 0 Å². The van der Waals surface area contributed by atoms with Crippen LogP contribution in [0, 0.1) is 6.92 Å². The minimum absolute atomic E-state index is 0.122. The number of carbonyl (C=O) groups is 1. The second kappa shape index (κ2) is 7.35. The number of aryl methyl sites for hydroxylation is 1. The molecule has 0 atom stereocenters. The fraction of sp³-hybridized carbons (Fsp3) is 0.235. The minimum Gasteiger partial charge on any atom is -0.497 e. The van der Waals surface area contributed by atoms with Crippen LogP contribution in [0.3, 0.4) is 0 Å². The number of thiophene rings is 1. The molecule has 1 amide bonds. The van der Waals surface area contributed by atoms with E-state index in [1.807, 2.05) is 19.1 Å². The quantitative estimate of drug-likeness (QED) is 0.728. The highest BCUT2D eigenvalue weighted by Gasteiger charge is 2.15. The van der Waals surface area contributed by atoms with Crippen LogP contribution in [0.15, 0.2) is 34.7 Å². The van der Waals surface area contributed by atoms with Gasteiger partial charge in [-0.3, -0.25) is 4.79 Å². The Balaban J connectivity index is 1.70. The molecule has 1 aromatic carbocycles. The van der Waals surface area contributed by atoms with Gasteiger partial charge in [0.25, 0.3) is 11.8 Å². The zero-order chi connectivity index (χ0) is 17.8. The van der Waals surface area contributed by atoms with Crippen molar-refractivity contribution >= 4 is 17.2 Å². The molecule has 25 heavy (non-hydrogen) atoms. The van der Waals surface area contributed by atoms with Crippen LogP contribution in [-0.2, 0) is 6.54 Å². The van der Waals surface area contributed by atoms with Gasteiger partial charge in [-0.15, -0.1) is 21.5 Å². The number of hydrogen-bond acceptors (Lipinski definition) is 7. The second-order valence-corrected chi connectivity index (χ2v) is 6.45. The first-order chi connectivity index (χ1) is 12.1. The highest BCUT2D eigenvalue weighted by Crippen LogP contribution is 2.26. The maximum absolute atomic E-state index is 12.4. The summed E-state index contributed by atoms with van der Waals surface area (Å²) < 4.78 is 16.0. The molecule has 0 radical (unpaired) electrons. The van der Waals surface area contributed by atoms with Crippen LogP contribution in [0.25, 0.3) is 10.8 Å². The fourth-order valence-corrected chi connectivity index (χ4v) is 3.01. The number of nitrogens with one attached hydrogen (secondary N) is 1. The van der Waals surface area contributed by atoms with E-state index in [0.29, 0.717) is 28.8 Å². The average molecular weight is 359 g/mol. The molecule has 0 spiro atoms. The van der Waals surface area contributed by atoms with Crippen LogP contribution in [0.1, 0.15) is 21.1 Å². The van der Waals surface area contributed by atoms with Crippen molar-refractivity contribution in [2.24, 2.45) is 0 Å². The van der Waals surface area contributed by atoms with E-state index in [-0.39, 0.29) is 12.5 Å². The molecule has 8 heteroatoms. The minimum atomic E-state index is -0.317. The monoisotopic (exact) mass is 359 g/mol. The van der Waals surface area contributed by atoms with Crippen molar-refractivity contribution in [1.29, 1.82) is 0 Å². The smallest absolute Gasteiger partial charge is 0.257 e. The highest BCUT2D eigenvalue weighted by molar-refractivity contribution is 7.15. The highest BCUT2D eigenvalue weighted by atomic mass is 32.1. The Morgan fingerprint density at radius 2 is 2.04 bits per heavy atom. The van der Waals surface area contributed by atoms with Crippen molar-refractivity contribution in [2.75, 3.05) is 14.2 Å². The molecule has 0 aliphatic heterocycles. The summed E-state index contributed by atoms with van der Waals surface area (Å²) in [6.45, 7) is 2.13. The number of benzene rings is 1. The maximum Gasteiger partial charge on any atom is 0.257 e. The van der Waals surface area contributed by atoms with Crippen LogP contribution in [-0.4, -0.2) is 30.3 Å². The van der Waals surface area contributed by atoms with Crippen LogP contribution in [0.5, 0.6) is 11.5 Å². The summed E-state index contributed by atoms with van der Waals surface area (Å²) in [6, 6.07) is 8.93. The zero-order valence-electron chi connectivity index (χ0n) is 14.0. The Morgan fingerprint density at radius 1 is 1.20 bits per heavy atom. The Hall–Kier alpha value is -2.87. The lowest BCUT2D eigenvalue weighted by Gasteiger charge is -2.10. The van der Waals surface area contributed by atoms with Crippen molar-refractivity contribution in [2.45, 2.75) is 13.5 Å². The van der Waals surface area contributed by atoms with Crippen LogP contribution in [0.4, 0.5) is 0 Å². The Labute approximate surface area is 148 Å². The van der Waals surface area contributed by atoms with E-state index < -0.39 is 0 Å². The first kappa shape index (κ1) is 17.0. The third kappa shape index (κ3) is 3.80. The van der Waals surface area contributed by atoms with E-state index in [2.05, 4.69) is 15.5 Å². The molecular formula is C17H17N3O4S. The van der Waals surface area contributed by atoms with Gasteiger partial charge in [0.15, 0.2) is 0 Å². The van der Waals surface area contributed by atoms with Crippen LogP contribution in [0.2, 0.25) is 0 Å². The van der Waals surface area contributed by atoms with Crippen molar-refractivity contribution < 1.29 is 18.7 Å². The molecule has 0 aliphatic rings. The number of methoxy groups -OCH3 is 2. The number of amides is 1. The fourth-order valence-electron chi connectivity index (χ4n) is 2.22. The lowest BCUT2D eigenvalue weighted by atomic mass is 10.1. The molecule has 0 unspecified atom stereocenters. The molecule has 0 aliphatic carbocycles. The molecule has 1 N–H and O–H groups in total. The predicted molar refractivity (Wildman–Crippen MR) is 93.1 cm³/mol. The van der Waals surface area contributed by atoms with E-state index in [9.17, 15) is 4.79 Å². The molecule has 3 aromatic rings. The average Bonchev–Trinajstić information content (AvgIpc) is 3.27. The van der Waals surface area contributed by atoms with Gasteiger partial charge in [0.2, 0.25) is 5.89 Å². The van der Waals surface area contributed by atoms with E-state index >= 15 is 0 Å². The van der Waals surface area contributed by atoms with Gasteiger partial charge in [0, 0.05) is 4.88 Å². The summed E-state index contributed by atoms with van der Waals surface area (Å²) in [5.41, 5.74) is 0.371. The lowest BCUT2D eigenvalue weighted by Crippen LogP contribution is -2.23. The summed E-state index contributed by atoms with van der Waals surface area (Å²) in [6.07, 6.45) is 0. The van der Waals surface area contributed by atoms with Gasteiger partial charge in [-0.2, -0.15) is 0 Å². The standard InChI is InChI=1S/C17H17N3O4S/c1-10-4-7-14(25-10)17-20-19-15(24-17)9-18-16(21)12-8-11(22-2)5-6-13(12)23-3/h4-8H,9H2,1-3H3,(H,18,21). The first-order valence-electron chi connectivity index (χ1n) is 7.50. The number of aromatic nitrogens is 2. The Kier molecular flexibility index (Phi) is 4.99. The molecule has 0 fully saturated rings. The molecule has 3 rings (SSSR count). The second-order valence-electron chi connectivity index (χ2n) is 5.16. The number of ether oxygens (including phenoxy) is 2. The SMILES string of the molecule is COc1ccc(OC)c(C(=O)NCc2nnc(-c3ccc(C)s3)o2)c1. The molecule has 0 saturated heterocycles. The molecule has 0 bridgehead atoms. The molecule has 0 saturated carbocycles. The number of hydrogen-bond donors (Lipinski definition) is 1. The maximum atomic E-state index is 12.4. The summed E-state index contributed by atoms with van der Waals surface area (Å²) >= 11 is 1.57. The summed E-state index contributed by atoms with van der Waals surface area (Å²) in [7, 11) is 3.04. The van der Waals surface area contributed by atoms with Crippen molar-refractivity contribution in [1.82, 2.24) is 15.5 Å². The van der Waals surface area contributed by atoms with Crippen LogP contribution >= 0.6 is 11.3 Å². The number of rotatable bonds is 6. The van der Waals surface area contributed by atoms with Gasteiger partial charge in [0.05, 0.1) is 31.2 Å². The Bertz CT molecular complexity index is 888. The molecule has 7 nitrogen and oxygen atoms in total. The molecule has 2 heterocycles. The van der Waals surface area contributed by atoms with Crippen molar-refractivity contribution in [3.05, 3.63) is 46.7 Å². The molecule has 130 valence electrons. The van der Waals surface area contributed by atoms with E-state index in [1.165, 1.54) is 14.2 Å². The lowest BCUT2D eigenvalue weighted by molar-refractivity contribution is 0.0944. The van der Waals surface area contributed by atoms with Crippen molar-refractivity contribution in [3.63, 3.8) is 0 Å². The number of carbonyl (C=O) groups excluding carboxylic acids is 1. The van der Waals surface area contributed by atoms with Gasteiger partial charge in [-0.1, -0.05) is 0 Å². The van der Waals surface area contributed by atoms with Gasteiger partial charge in [0.1, 0.15) is 11.5 Å². The van der Waals surface area contributed by atoms with Gasteiger partial charge in [-0.25, -0.2) is 0 Å². The van der Waals surface area contributed by atoms with E-state index in [0.717, 1.165) is 9.75 Å². The summed E-state index contributed by atoms with van der Waals surface area (Å²) in [5.74, 6) is 1.48.